The maximum Gasteiger partial charge on any atom is 0.244 e. The second-order valence-corrected chi connectivity index (χ2v) is 8.63. The van der Waals surface area contributed by atoms with Crippen LogP contribution in [0.15, 0.2) is 4.90 Å². The Bertz CT molecular complexity index is 738. The Hall–Kier alpha value is -1.45. The zero-order valence-electron chi connectivity index (χ0n) is 16.4. The summed E-state index contributed by atoms with van der Waals surface area (Å²) in [6, 6.07) is -0.655. The number of aromatic nitrogens is 2. The van der Waals surface area contributed by atoms with Crippen LogP contribution in [0, 0.1) is 13.8 Å². The Labute approximate surface area is 156 Å². The molecule has 8 nitrogen and oxygen atoms in total. The molecule has 1 atom stereocenters. The molecule has 9 heteroatoms. The van der Waals surface area contributed by atoms with Crippen LogP contribution in [0.2, 0.25) is 0 Å². The van der Waals surface area contributed by atoms with E-state index in [0.717, 1.165) is 32.4 Å². The van der Waals surface area contributed by atoms with Gasteiger partial charge in [-0.2, -0.15) is 9.82 Å². The van der Waals surface area contributed by atoms with Crippen LogP contribution in [0.5, 0.6) is 0 Å². The minimum absolute atomic E-state index is 0.156. The molecule has 0 aliphatic carbocycles. The van der Waals surface area contributed by atoms with Crippen LogP contribution < -0.4 is 10.0 Å². The molecule has 0 saturated carbocycles. The van der Waals surface area contributed by atoms with E-state index >= 15 is 0 Å². The predicted octanol–water partition coefficient (Wildman–Crippen LogP) is 0.694. The average Bonchev–Trinajstić information content (AvgIpc) is 2.85. The summed E-state index contributed by atoms with van der Waals surface area (Å²) in [5, 5.41) is 7.46. The molecular formula is C17H31N5O3S. The SMILES string of the molecule is CCCN(C(=O)C(C)NS(=O)(=O)c1c(C)nn(C)c1C)C1CCNCC1. The van der Waals surface area contributed by atoms with Crippen molar-refractivity contribution >= 4 is 15.9 Å². The Morgan fingerprint density at radius 3 is 2.50 bits per heavy atom. The quantitative estimate of drug-likeness (QED) is 0.720. The molecule has 2 rings (SSSR count). The fourth-order valence-electron chi connectivity index (χ4n) is 3.57. The van der Waals surface area contributed by atoms with Gasteiger partial charge in [0.15, 0.2) is 0 Å². The highest BCUT2D eigenvalue weighted by Gasteiger charge is 2.32. The van der Waals surface area contributed by atoms with E-state index in [9.17, 15) is 13.2 Å². The van der Waals surface area contributed by atoms with E-state index in [0.29, 0.717) is 17.9 Å². The van der Waals surface area contributed by atoms with Crippen molar-refractivity contribution in [1.82, 2.24) is 24.7 Å². The van der Waals surface area contributed by atoms with Gasteiger partial charge in [-0.15, -0.1) is 0 Å². The lowest BCUT2D eigenvalue weighted by Crippen LogP contribution is -2.53. The normalized spacial score (nSPS) is 17.3. The van der Waals surface area contributed by atoms with Gasteiger partial charge in [-0.3, -0.25) is 9.48 Å². The molecule has 0 spiro atoms. The van der Waals surface area contributed by atoms with E-state index in [1.165, 1.54) is 4.68 Å². The summed E-state index contributed by atoms with van der Waals surface area (Å²) in [4.78, 5) is 15.0. The number of carbonyl (C=O) groups is 1. The molecule has 0 aromatic carbocycles. The van der Waals surface area contributed by atoms with Crippen LogP contribution in [-0.2, 0) is 21.9 Å². The zero-order chi connectivity index (χ0) is 19.5. The summed E-state index contributed by atoms with van der Waals surface area (Å²) in [6.07, 6.45) is 2.63. The summed E-state index contributed by atoms with van der Waals surface area (Å²) in [7, 11) is -2.11. The molecule has 26 heavy (non-hydrogen) atoms. The standard InChI is InChI=1S/C17H31N5O3S/c1-6-11-22(15-7-9-18-10-8-15)17(23)13(3)20-26(24,25)16-12(2)19-21(5)14(16)4/h13,15,18,20H,6-11H2,1-5H3. The van der Waals surface area contributed by atoms with Crippen molar-refractivity contribution in [3.05, 3.63) is 11.4 Å². The van der Waals surface area contributed by atoms with E-state index in [4.69, 9.17) is 0 Å². The molecule has 1 aliphatic rings. The van der Waals surface area contributed by atoms with E-state index in [1.807, 2.05) is 11.8 Å². The van der Waals surface area contributed by atoms with Crippen molar-refractivity contribution in [2.24, 2.45) is 7.05 Å². The molecule has 1 aromatic heterocycles. The lowest BCUT2D eigenvalue weighted by atomic mass is 10.0. The molecule has 0 bridgehead atoms. The van der Waals surface area contributed by atoms with Crippen molar-refractivity contribution in [3.8, 4) is 0 Å². The van der Waals surface area contributed by atoms with Gasteiger partial charge in [-0.05, 0) is 53.1 Å². The van der Waals surface area contributed by atoms with Crippen molar-refractivity contribution in [2.45, 2.75) is 63.9 Å². The second-order valence-electron chi connectivity index (χ2n) is 6.98. The van der Waals surface area contributed by atoms with Gasteiger partial charge < -0.3 is 10.2 Å². The highest BCUT2D eigenvalue weighted by Crippen LogP contribution is 2.20. The smallest absolute Gasteiger partial charge is 0.244 e. The lowest BCUT2D eigenvalue weighted by molar-refractivity contribution is -0.135. The third kappa shape index (κ3) is 4.44. The van der Waals surface area contributed by atoms with Gasteiger partial charge in [0.1, 0.15) is 4.90 Å². The largest absolute Gasteiger partial charge is 0.338 e. The number of nitrogens with one attached hydrogen (secondary N) is 2. The fourth-order valence-corrected chi connectivity index (χ4v) is 5.20. The molecule has 1 amide bonds. The van der Waals surface area contributed by atoms with Crippen LogP contribution in [0.1, 0.15) is 44.5 Å². The third-order valence-corrected chi connectivity index (χ3v) is 6.70. The summed E-state index contributed by atoms with van der Waals surface area (Å²) in [5.74, 6) is -0.165. The first-order valence-electron chi connectivity index (χ1n) is 9.22. The Morgan fingerprint density at radius 2 is 2.00 bits per heavy atom. The van der Waals surface area contributed by atoms with Gasteiger partial charge in [0.25, 0.3) is 0 Å². The molecule has 1 aromatic rings. The van der Waals surface area contributed by atoms with Gasteiger partial charge in [-0.25, -0.2) is 8.42 Å². The number of nitrogens with zero attached hydrogens (tertiary/aromatic N) is 3. The molecule has 1 unspecified atom stereocenters. The molecule has 1 aliphatic heterocycles. The first-order chi connectivity index (χ1) is 12.2. The minimum atomic E-state index is -3.82. The minimum Gasteiger partial charge on any atom is -0.338 e. The molecule has 0 radical (unpaired) electrons. The van der Waals surface area contributed by atoms with Gasteiger partial charge >= 0.3 is 0 Å². The van der Waals surface area contributed by atoms with Crippen molar-refractivity contribution in [1.29, 1.82) is 0 Å². The molecule has 1 saturated heterocycles. The van der Waals surface area contributed by atoms with E-state index in [1.54, 1.807) is 27.8 Å². The molecule has 1 fully saturated rings. The Kier molecular flexibility index (Phi) is 6.81. The first kappa shape index (κ1) is 20.9. The summed E-state index contributed by atoms with van der Waals surface area (Å²) in [5.41, 5.74) is 0.985. The van der Waals surface area contributed by atoms with Gasteiger partial charge in [-0.1, -0.05) is 6.92 Å². The summed E-state index contributed by atoms with van der Waals surface area (Å²) < 4.78 is 29.7. The van der Waals surface area contributed by atoms with Crippen molar-refractivity contribution in [2.75, 3.05) is 19.6 Å². The molecule has 2 heterocycles. The van der Waals surface area contributed by atoms with Crippen LogP contribution in [-0.4, -0.2) is 60.7 Å². The molecule has 2 N–H and O–H groups in total. The molecule has 148 valence electrons. The van der Waals surface area contributed by atoms with Crippen LogP contribution in [0.25, 0.3) is 0 Å². The maximum atomic E-state index is 13.0. The number of piperidine rings is 1. The highest BCUT2D eigenvalue weighted by molar-refractivity contribution is 7.89. The third-order valence-electron chi connectivity index (χ3n) is 4.91. The van der Waals surface area contributed by atoms with Crippen LogP contribution in [0.3, 0.4) is 0 Å². The Morgan fingerprint density at radius 1 is 1.38 bits per heavy atom. The number of amides is 1. The number of rotatable bonds is 7. The van der Waals surface area contributed by atoms with Crippen molar-refractivity contribution in [3.63, 3.8) is 0 Å². The van der Waals surface area contributed by atoms with Gasteiger partial charge in [0, 0.05) is 19.6 Å². The highest BCUT2D eigenvalue weighted by atomic mass is 32.2. The average molecular weight is 386 g/mol. The monoisotopic (exact) mass is 385 g/mol. The number of hydrogen-bond acceptors (Lipinski definition) is 5. The van der Waals surface area contributed by atoms with Crippen LogP contribution >= 0.6 is 0 Å². The van der Waals surface area contributed by atoms with E-state index in [2.05, 4.69) is 15.1 Å². The van der Waals surface area contributed by atoms with E-state index in [-0.39, 0.29) is 16.8 Å². The number of carbonyl (C=O) groups excluding carboxylic acids is 1. The summed E-state index contributed by atoms with van der Waals surface area (Å²) >= 11 is 0. The number of aryl methyl sites for hydroxylation is 2. The topological polar surface area (TPSA) is 96.3 Å². The Balaban J connectivity index is 2.17. The van der Waals surface area contributed by atoms with Gasteiger partial charge in [0.05, 0.1) is 17.4 Å². The molecular weight excluding hydrogens is 354 g/mol. The zero-order valence-corrected chi connectivity index (χ0v) is 17.2. The fraction of sp³-hybridized carbons (Fsp3) is 0.765. The predicted molar refractivity (Wildman–Crippen MR) is 100 cm³/mol. The second kappa shape index (κ2) is 8.49. The van der Waals surface area contributed by atoms with Gasteiger partial charge in [0.2, 0.25) is 15.9 Å². The first-order valence-corrected chi connectivity index (χ1v) is 10.7. The van der Waals surface area contributed by atoms with Crippen LogP contribution in [0.4, 0.5) is 0 Å². The summed E-state index contributed by atoms with van der Waals surface area (Å²) in [6.45, 7) is 9.41. The number of hydrogen-bond donors (Lipinski definition) is 2. The van der Waals surface area contributed by atoms with E-state index < -0.39 is 16.1 Å². The maximum absolute atomic E-state index is 13.0. The lowest BCUT2D eigenvalue weighted by Gasteiger charge is -2.36. The van der Waals surface area contributed by atoms with Crippen molar-refractivity contribution < 1.29 is 13.2 Å². The number of sulfonamides is 1.